The largest absolute Gasteiger partial charge is 0.392 e. The van der Waals surface area contributed by atoms with Gasteiger partial charge in [0.1, 0.15) is 11.7 Å². The summed E-state index contributed by atoms with van der Waals surface area (Å²) in [4.78, 5) is 2.42. The van der Waals surface area contributed by atoms with Gasteiger partial charge in [-0.15, -0.1) is 0 Å². The molecule has 32 heavy (non-hydrogen) atoms. The predicted molar refractivity (Wildman–Crippen MR) is 114 cm³/mol. The molecule has 1 aliphatic heterocycles. The van der Waals surface area contributed by atoms with Crippen molar-refractivity contribution in [3.63, 3.8) is 0 Å². The van der Waals surface area contributed by atoms with E-state index in [2.05, 4.69) is 11.8 Å². The van der Waals surface area contributed by atoms with Gasteiger partial charge < -0.3 is 34.6 Å². The summed E-state index contributed by atoms with van der Waals surface area (Å²) in [5, 5.41) is 47.3. The Morgan fingerprint density at radius 1 is 1.03 bits per heavy atom. The molecule has 6 fully saturated rings. The average molecular weight is 454 g/mol. The van der Waals surface area contributed by atoms with Crippen molar-refractivity contribution >= 4 is 0 Å². The monoisotopic (exact) mass is 453 g/mol. The maximum Gasteiger partial charge on any atom is 0.110 e. The van der Waals surface area contributed by atoms with E-state index in [0.29, 0.717) is 19.4 Å². The van der Waals surface area contributed by atoms with Crippen LogP contribution in [0.15, 0.2) is 0 Å². The highest BCUT2D eigenvalue weighted by atomic mass is 16.5. The van der Waals surface area contributed by atoms with Gasteiger partial charge in [0.15, 0.2) is 0 Å². The third-order valence-corrected chi connectivity index (χ3v) is 11.2. The Labute approximate surface area is 189 Å². The van der Waals surface area contributed by atoms with E-state index >= 15 is 0 Å². The summed E-state index contributed by atoms with van der Waals surface area (Å²) in [7, 11) is 4.98. The molecule has 6 rings (SSSR count). The van der Waals surface area contributed by atoms with Crippen LogP contribution in [0, 0.1) is 40.4 Å². The van der Waals surface area contributed by atoms with Crippen LogP contribution in [-0.2, 0) is 14.2 Å². The van der Waals surface area contributed by atoms with Crippen LogP contribution in [0.4, 0.5) is 0 Å². The van der Waals surface area contributed by atoms with Gasteiger partial charge in [0, 0.05) is 68.4 Å². The van der Waals surface area contributed by atoms with Crippen LogP contribution in [0.25, 0.3) is 0 Å². The number of hydrogen-bond acceptors (Lipinski definition) is 8. The van der Waals surface area contributed by atoms with Crippen molar-refractivity contribution in [2.45, 2.75) is 68.3 Å². The standard InChI is InChI=1S/C24H39NO7/c1-5-25-9-22(10-30-2)7-6-13(26)23-12-8-11-16(27)14(12)24(29,21(28)17(11)31-3)15(20(23)25)18(32-4)19(22)23/h11-21,26-29H,5-10H2,1-4H3/t11-,12+,13-,14-,15+,16-,17+,18-,19-,20+,21-,22+,23+,24+/m0/s1. The number of piperidine rings is 1. The molecular weight excluding hydrogens is 414 g/mol. The van der Waals surface area contributed by atoms with E-state index in [0.717, 1.165) is 19.5 Å². The molecule has 1 spiro atoms. The molecule has 0 radical (unpaired) electrons. The summed E-state index contributed by atoms with van der Waals surface area (Å²) < 4.78 is 17.7. The summed E-state index contributed by atoms with van der Waals surface area (Å²) >= 11 is 0. The third kappa shape index (κ3) is 2.07. The fourth-order valence-corrected chi connectivity index (χ4v) is 10.7. The quantitative estimate of drug-likeness (QED) is 0.440. The first kappa shape index (κ1) is 22.2. The number of methoxy groups -OCH3 is 3. The molecule has 0 aromatic rings. The van der Waals surface area contributed by atoms with Gasteiger partial charge in [-0.25, -0.2) is 0 Å². The van der Waals surface area contributed by atoms with Gasteiger partial charge in [-0.3, -0.25) is 4.90 Å². The summed E-state index contributed by atoms with van der Waals surface area (Å²) in [5.41, 5.74) is -2.24. The molecule has 7 bridgehead atoms. The first-order valence-electron chi connectivity index (χ1n) is 12.3. The van der Waals surface area contributed by atoms with Crippen molar-refractivity contribution in [1.29, 1.82) is 0 Å². The zero-order valence-electron chi connectivity index (χ0n) is 19.6. The number of fused-ring (bicyclic) bond motifs is 2. The summed E-state index contributed by atoms with van der Waals surface area (Å²) in [6.07, 6.45) is -1.22. The predicted octanol–water partition coefficient (Wildman–Crippen LogP) is -0.527. The van der Waals surface area contributed by atoms with Crippen molar-refractivity contribution in [2.24, 2.45) is 40.4 Å². The first-order valence-corrected chi connectivity index (χ1v) is 12.3. The molecule has 0 unspecified atom stereocenters. The van der Waals surface area contributed by atoms with Gasteiger partial charge >= 0.3 is 0 Å². The van der Waals surface area contributed by atoms with E-state index in [1.165, 1.54) is 0 Å². The average Bonchev–Trinajstić information content (AvgIpc) is 3.19. The molecule has 6 aliphatic rings. The van der Waals surface area contributed by atoms with E-state index in [9.17, 15) is 20.4 Å². The number of hydrogen-bond donors (Lipinski definition) is 4. The van der Waals surface area contributed by atoms with E-state index < -0.39 is 47.3 Å². The van der Waals surface area contributed by atoms with Gasteiger partial charge in [0.2, 0.25) is 0 Å². The van der Waals surface area contributed by atoms with Gasteiger partial charge in [-0.05, 0) is 31.7 Å². The van der Waals surface area contributed by atoms with Gasteiger partial charge in [-0.1, -0.05) is 6.92 Å². The minimum absolute atomic E-state index is 0.000250. The molecule has 0 aromatic carbocycles. The molecule has 0 aromatic heterocycles. The van der Waals surface area contributed by atoms with Crippen LogP contribution in [0.2, 0.25) is 0 Å². The number of ether oxygens (including phenoxy) is 3. The maximum absolute atomic E-state index is 12.5. The number of aliphatic hydroxyl groups excluding tert-OH is 3. The highest BCUT2D eigenvalue weighted by Crippen LogP contribution is 2.79. The lowest BCUT2D eigenvalue weighted by Gasteiger charge is -2.69. The summed E-state index contributed by atoms with van der Waals surface area (Å²) in [6, 6.07) is -0.120. The normalized spacial score (nSPS) is 62.4. The van der Waals surface area contributed by atoms with Crippen LogP contribution >= 0.6 is 0 Å². The zero-order valence-corrected chi connectivity index (χ0v) is 19.6. The number of aliphatic hydroxyl groups is 4. The van der Waals surface area contributed by atoms with E-state index in [1.807, 2.05) is 0 Å². The minimum Gasteiger partial charge on any atom is -0.392 e. The minimum atomic E-state index is -1.54. The lowest BCUT2D eigenvalue weighted by atomic mass is 9.43. The lowest BCUT2D eigenvalue weighted by molar-refractivity contribution is -0.297. The Morgan fingerprint density at radius 3 is 2.38 bits per heavy atom. The smallest absolute Gasteiger partial charge is 0.110 e. The second kappa shape index (κ2) is 6.88. The number of rotatable bonds is 5. The van der Waals surface area contributed by atoms with Crippen molar-refractivity contribution in [3.05, 3.63) is 0 Å². The molecule has 1 saturated heterocycles. The SMILES string of the molecule is CCN1C[C@@]2(COC)CC[C@H](O)[C@]34[C@@H]5C[C@H]6[C@H](O)[C@H]5[C@@](O)([C@H]([C@H](OC)[C@@H]23)[C@@H]14)[C@@H](O)[C@@H]6OC. The fourth-order valence-electron chi connectivity index (χ4n) is 10.7. The third-order valence-electron chi connectivity index (χ3n) is 11.2. The lowest BCUT2D eigenvalue weighted by Crippen LogP contribution is -2.78. The van der Waals surface area contributed by atoms with Crippen molar-refractivity contribution in [1.82, 2.24) is 4.90 Å². The molecule has 4 N–H and O–H groups in total. The second-order valence-corrected chi connectivity index (χ2v) is 11.6. The van der Waals surface area contributed by atoms with E-state index in [4.69, 9.17) is 14.2 Å². The van der Waals surface area contributed by atoms with Crippen LogP contribution in [-0.4, -0.2) is 109 Å². The topological polar surface area (TPSA) is 112 Å². The molecule has 8 heteroatoms. The zero-order chi connectivity index (χ0) is 22.8. The van der Waals surface area contributed by atoms with Crippen LogP contribution in [0.5, 0.6) is 0 Å². The molecule has 5 saturated carbocycles. The molecule has 182 valence electrons. The molecule has 5 aliphatic carbocycles. The molecule has 8 nitrogen and oxygen atoms in total. The van der Waals surface area contributed by atoms with Crippen molar-refractivity contribution in [2.75, 3.05) is 41.0 Å². The van der Waals surface area contributed by atoms with Crippen molar-refractivity contribution in [3.8, 4) is 0 Å². The fraction of sp³-hybridized carbons (Fsp3) is 1.00. The highest BCUT2D eigenvalue weighted by Gasteiger charge is 2.87. The Hall–Kier alpha value is -0.320. The number of nitrogens with zero attached hydrogens (tertiary/aromatic N) is 1. The Balaban J connectivity index is 1.64. The second-order valence-electron chi connectivity index (χ2n) is 11.6. The highest BCUT2D eigenvalue weighted by molar-refractivity contribution is 5.36. The van der Waals surface area contributed by atoms with Crippen LogP contribution in [0.3, 0.4) is 0 Å². The number of likely N-dealkylation sites (tertiary alicyclic amines) is 1. The Bertz CT molecular complexity index is 783. The molecule has 1 heterocycles. The maximum atomic E-state index is 12.5. The molecule has 14 atom stereocenters. The van der Waals surface area contributed by atoms with E-state index in [1.54, 1.807) is 21.3 Å². The van der Waals surface area contributed by atoms with Gasteiger partial charge in [0.25, 0.3) is 0 Å². The van der Waals surface area contributed by atoms with Gasteiger partial charge in [0.05, 0.1) is 31.0 Å². The van der Waals surface area contributed by atoms with Crippen LogP contribution in [0.1, 0.15) is 26.2 Å². The molecule has 0 amide bonds. The first-order chi connectivity index (χ1) is 15.3. The van der Waals surface area contributed by atoms with Gasteiger partial charge in [-0.2, -0.15) is 0 Å². The summed E-state index contributed by atoms with van der Waals surface area (Å²) in [5.74, 6) is -1.29. The molecular formula is C24H39NO7. The Morgan fingerprint density at radius 2 is 1.75 bits per heavy atom. The Kier molecular flexibility index (Phi) is 4.76. The van der Waals surface area contributed by atoms with Crippen molar-refractivity contribution < 1.29 is 34.6 Å². The van der Waals surface area contributed by atoms with E-state index in [-0.39, 0.29) is 35.3 Å². The van der Waals surface area contributed by atoms with Crippen LogP contribution < -0.4 is 0 Å². The summed E-state index contributed by atoms with van der Waals surface area (Å²) in [6.45, 7) is 4.33.